The summed E-state index contributed by atoms with van der Waals surface area (Å²) in [6, 6.07) is 95.6. The fraction of sp³-hybridized carbons (Fsp3) is 0.0130. The highest BCUT2D eigenvalue weighted by Crippen LogP contribution is 2.45. The van der Waals surface area contributed by atoms with Crippen molar-refractivity contribution in [3.63, 3.8) is 0 Å². The van der Waals surface area contributed by atoms with Crippen molar-refractivity contribution in [3.05, 3.63) is 296 Å². The van der Waals surface area contributed by atoms with Gasteiger partial charge in [-0.15, -0.1) is 0 Å². The summed E-state index contributed by atoms with van der Waals surface area (Å²) in [5.74, 6) is 0.821. The van der Waals surface area contributed by atoms with Crippen molar-refractivity contribution in [1.29, 1.82) is 5.26 Å². The third-order valence-corrected chi connectivity index (χ3v) is 16.3. The molecule has 6 nitrogen and oxygen atoms in total. The SMILES string of the molecule is N#Cc1ccc(-c2ccc(-c3nc(-c4ccccc4)nc(-c4ccc(C(F)(F)F)cc4-n4c5ccc(-c6ccccc6)cc5c5cc(-c6ccccc6)ccc54)n3)c(-n3c4ccc(-c5ccccc5)cc4c4cc(-c5ccccc5)ccc43)c2)cc1. The summed E-state index contributed by atoms with van der Waals surface area (Å²) in [4.78, 5) is 16.0. The second-order valence-corrected chi connectivity index (χ2v) is 21.4. The minimum absolute atomic E-state index is 0.179. The van der Waals surface area contributed by atoms with Gasteiger partial charge in [0.15, 0.2) is 17.5 Å². The molecule has 12 aromatic carbocycles. The fourth-order valence-electron chi connectivity index (χ4n) is 12.0. The highest BCUT2D eigenvalue weighted by atomic mass is 19.4. The van der Waals surface area contributed by atoms with E-state index in [0.29, 0.717) is 44.9 Å². The summed E-state index contributed by atoms with van der Waals surface area (Å²) >= 11 is 0. The Hall–Kier alpha value is -11.5. The van der Waals surface area contributed by atoms with Crippen molar-refractivity contribution in [2.24, 2.45) is 0 Å². The lowest BCUT2D eigenvalue weighted by atomic mass is 10.00. The van der Waals surface area contributed by atoms with E-state index in [1.54, 1.807) is 0 Å². The minimum Gasteiger partial charge on any atom is -0.308 e. The highest BCUT2D eigenvalue weighted by Gasteiger charge is 2.33. The molecule has 0 bridgehead atoms. The summed E-state index contributed by atoms with van der Waals surface area (Å²) in [6.45, 7) is 0. The van der Waals surface area contributed by atoms with Crippen LogP contribution in [-0.4, -0.2) is 24.1 Å². The maximum absolute atomic E-state index is 15.4. The van der Waals surface area contributed by atoms with Crippen molar-refractivity contribution in [1.82, 2.24) is 24.1 Å². The number of alkyl halides is 3. The van der Waals surface area contributed by atoms with E-state index in [1.807, 2.05) is 168 Å². The van der Waals surface area contributed by atoms with Gasteiger partial charge in [-0.3, -0.25) is 0 Å². The van der Waals surface area contributed by atoms with Gasteiger partial charge in [-0.2, -0.15) is 18.4 Å². The average Bonchev–Trinajstić information content (AvgIpc) is 1.63. The molecule has 0 aliphatic heterocycles. The Bertz CT molecular complexity index is 4940. The molecule has 15 aromatic rings. The lowest BCUT2D eigenvalue weighted by Crippen LogP contribution is -2.09. The number of hydrogen-bond donors (Lipinski definition) is 0. The predicted octanol–water partition coefficient (Wildman–Crippen LogP) is 20.3. The molecule has 0 spiro atoms. The summed E-state index contributed by atoms with van der Waals surface area (Å²) in [5.41, 5.74) is 15.8. The number of fused-ring (bicyclic) bond motifs is 6. The fourth-order valence-corrected chi connectivity index (χ4v) is 12.0. The number of benzene rings is 12. The van der Waals surface area contributed by atoms with Gasteiger partial charge in [0.2, 0.25) is 0 Å². The van der Waals surface area contributed by atoms with Crippen molar-refractivity contribution in [2.75, 3.05) is 0 Å². The summed E-state index contributed by atoms with van der Waals surface area (Å²) in [6.07, 6.45) is -4.69. The maximum Gasteiger partial charge on any atom is 0.416 e. The van der Waals surface area contributed by atoms with Crippen LogP contribution in [0.1, 0.15) is 11.1 Å². The first-order chi connectivity index (χ1) is 42.2. The van der Waals surface area contributed by atoms with E-state index in [4.69, 9.17) is 15.0 Å². The smallest absolute Gasteiger partial charge is 0.308 e. The van der Waals surface area contributed by atoms with Gasteiger partial charge in [0, 0.05) is 38.2 Å². The molecule has 0 fully saturated rings. The molecule has 0 amide bonds. The molecule has 9 heteroatoms. The zero-order chi connectivity index (χ0) is 57.9. The number of rotatable bonds is 10. The van der Waals surface area contributed by atoms with Crippen molar-refractivity contribution >= 4 is 43.6 Å². The van der Waals surface area contributed by atoms with E-state index < -0.39 is 11.7 Å². The van der Waals surface area contributed by atoms with E-state index in [9.17, 15) is 5.26 Å². The summed E-state index contributed by atoms with van der Waals surface area (Å²) in [5, 5.41) is 13.6. The number of nitriles is 1. The molecule has 0 unspecified atom stereocenters. The van der Waals surface area contributed by atoms with E-state index in [-0.39, 0.29) is 11.5 Å². The first-order valence-electron chi connectivity index (χ1n) is 28.3. The molecule has 15 rings (SSSR count). The molecular formula is C77H47F3N6. The molecule has 0 aliphatic carbocycles. The second-order valence-electron chi connectivity index (χ2n) is 21.4. The van der Waals surface area contributed by atoms with E-state index >= 15 is 13.2 Å². The molecule has 0 saturated heterocycles. The Labute approximate surface area is 493 Å². The molecule has 3 aromatic heterocycles. The van der Waals surface area contributed by atoms with E-state index in [0.717, 1.165) is 100.0 Å². The highest BCUT2D eigenvalue weighted by molar-refractivity contribution is 6.13. The number of hydrogen-bond acceptors (Lipinski definition) is 4. The van der Waals surface area contributed by atoms with Crippen molar-refractivity contribution in [3.8, 4) is 107 Å². The van der Waals surface area contributed by atoms with Gasteiger partial charge in [-0.05, 0) is 147 Å². The van der Waals surface area contributed by atoms with E-state index in [2.05, 4.69) is 114 Å². The van der Waals surface area contributed by atoms with E-state index in [1.165, 1.54) is 12.1 Å². The molecule has 0 N–H and O–H groups in total. The van der Waals surface area contributed by atoms with Crippen LogP contribution in [0.5, 0.6) is 0 Å². The standard InChI is InChI=1S/C77H47F3N6/c78-77(79,80)61-35-37-63(73(47-61)86-70-40-33-58(52-20-10-3-11-21-52)44-66(70)67-45-59(34-41-71(67)86)53-22-12-4-13-23-53)76-83-74(55-24-14-5-15-25-55)82-75(84-76)62-36-30-60(54-28-26-49(48-81)27-29-54)46-72(62)85-68-38-31-56(50-16-6-1-7-17-50)42-64(68)65-43-57(32-39-69(65)85)51-18-8-2-9-19-51/h1-47H. The summed E-state index contributed by atoms with van der Waals surface area (Å²) in [7, 11) is 0. The molecular weight excluding hydrogens is 1070 g/mol. The molecule has 86 heavy (non-hydrogen) atoms. The minimum atomic E-state index is -4.69. The van der Waals surface area contributed by atoms with Crippen LogP contribution in [0.15, 0.2) is 285 Å². The van der Waals surface area contributed by atoms with Gasteiger partial charge in [0.25, 0.3) is 0 Å². The third-order valence-electron chi connectivity index (χ3n) is 16.3. The maximum atomic E-state index is 15.4. The number of nitrogens with zero attached hydrogens (tertiary/aromatic N) is 6. The van der Waals surface area contributed by atoms with Crippen LogP contribution >= 0.6 is 0 Å². The quantitative estimate of drug-likeness (QED) is 0.137. The third kappa shape index (κ3) is 9.23. The second kappa shape index (κ2) is 21.1. The molecule has 0 radical (unpaired) electrons. The zero-order valence-corrected chi connectivity index (χ0v) is 46.0. The van der Waals surface area contributed by atoms with Gasteiger partial charge in [0.1, 0.15) is 0 Å². The van der Waals surface area contributed by atoms with Crippen LogP contribution in [-0.2, 0) is 6.18 Å². The Kier molecular flexibility index (Phi) is 12.6. The van der Waals surface area contributed by atoms with Crippen LogP contribution in [0.3, 0.4) is 0 Å². The Balaban J connectivity index is 1.01. The molecule has 0 aliphatic rings. The van der Waals surface area contributed by atoms with Crippen LogP contribution in [0.2, 0.25) is 0 Å². The normalized spacial score (nSPS) is 11.7. The summed E-state index contributed by atoms with van der Waals surface area (Å²) < 4.78 is 50.3. The first-order valence-corrected chi connectivity index (χ1v) is 28.3. The molecule has 0 atom stereocenters. The van der Waals surface area contributed by atoms with Crippen LogP contribution in [0, 0.1) is 11.3 Å². The van der Waals surface area contributed by atoms with Gasteiger partial charge >= 0.3 is 6.18 Å². The molecule has 0 saturated carbocycles. The molecule has 3 heterocycles. The predicted molar refractivity (Wildman–Crippen MR) is 342 cm³/mol. The zero-order valence-electron chi connectivity index (χ0n) is 46.0. The van der Waals surface area contributed by atoms with Crippen molar-refractivity contribution < 1.29 is 13.2 Å². The van der Waals surface area contributed by atoms with Crippen molar-refractivity contribution in [2.45, 2.75) is 6.18 Å². The first kappa shape index (κ1) is 51.4. The lowest BCUT2D eigenvalue weighted by Gasteiger charge is -2.18. The van der Waals surface area contributed by atoms with Crippen LogP contribution < -0.4 is 0 Å². The Morgan fingerprint density at radius 2 is 0.593 bits per heavy atom. The lowest BCUT2D eigenvalue weighted by molar-refractivity contribution is -0.137. The van der Waals surface area contributed by atoms with Crippen LogP contribution in [0.25, 0.3) is 145 Å². The monoisotopic (exact) mass is 1110 g/mol. The Morgan fingerprint density at radius 3 is 0.965 bits per heavy atom. The van der Waals surface area contributed by atoms with Gasteiger partial charge in [0.05, 0.1) is 50.6 Å². The van der Waals surface area contributed by atoms with Gasteiger partial charge in [-0.1, -0.05) is 194 Å². The van der Waals surface area contributed by atoms with Gasteiger partial charge in [-0.25, -0.2) is 15.0 Å². The topological polar surface area (TPSA) is 72.3 Å². The number of halogens is 3. The average molecular weight is 1110 g/mol. The number of aromatic nitrogens is 5. The van der Waals surface area contributed by atoms with Crippen LogP contribution in [0.4, 0.5) is 13.2 Å². The van der Waals surface area contributed by atoms with Gasteiger partial charge < -0.3 is 9.13 Å². The largest absolute Gasteiger partial charge is 0.416 e. The molecule has 406 valence electrons. The Morgan fingerprint density at radius 1 is 0.291 bits per heavy atom.